The standard InChI is InChI=1S/C18H20N4O5S/c1-4-21(12-13-5-7-14(8-6-13)22(24)25)28(26,27)15-9-10-16-17(11-15)20(3)18(23)19(16)2/h5-11H,4,12H2,1-3H3. The second kappa shape index (κ2) is 7.21. The van der Waals surface area contributed by atoms with Crippen LogP contribution in [0.15, 0.2) is 52.2 Å². The molecular weight excluding hydrogens is 384 g/mol. The summed E-state index contributed by atoms with van der Waals surface area (Å²) in [6.07, 6.45) is 0. The van der Waals surface area contributed by atoms with Gasteiger partial charge in [-0.05, 0) is 23.8 Å². The number of benzene rings is 2. The SMILES string of the molecule is CCN(Cc1ccc([N+](=O)[O-])cc1)S(=O)(=O)c1ccc2c(c1)n(C)c(=O)n2C. The third-order valence-corrected chi connectivity index (χ3v) is 6.66. The lowest BCUT2D eigenvalue weighted by molar-refractivity contribution is -0.384. The normalized spacial score (nSPS) is 12.0. The number of hydrogen-bond acceptors (Lipinski definition) is 5. The van der Waals surface area contributed by atoms with E-state index in [-0.39, 0.29) is 29.4 Å². The first-order chi connectivity index (χ1) is 13.2. The molecule has 0 bridgehead atoms. The van der Waals surface area contributed by atoms with E-state index in [9.17, 15) is 23.3 Å². The number of nitro benzene ring substituents is 1. The fourth-order valence-electron chi connectivity index (χ4n) is 3.09. The van der Waals surface area contributed by atoms with E-state index >= 15 is 0 Å². The van der Waals surface area contributed by atoms with Gasteiger partial charge in [0.05, 0.1) is 20.9 Å². The molecule has 148 valence electrons. The molecule has 3 aromatic rings. The highest BCUT2D eigenvalue weighted by atomic mass is 32.2. The van der Waals surface area contributed by atoms with Gasteiger partial charge < -0.3 is 0 Å². The van der Waals surface area contributed by atoms with E-state index in [2.05, 4.69) is 0 Å². The second-order valence-electron chi connectivity index (χ2n) is 6.41. The minimum atomic E-state index is -3.81. The fourth-order valence-corrected chi connectivity index (χ4v) is 4.55. The fraction of sp³-hybridized carbons (Fsp3) is 0.278. The van der Waals surface area contributed by atoms with E-state index < -0.39 is 14.9 Å². The van der Waals surface area contributed by atoms with Gasteiger partial charge in [0.1, 0.15) is 0 Å². The van der Waals surface area contributed by atoms with Crippen molar-refractivity contribution in [3.63, 3.8) is 0 Å². The van der Waals surface area contributed by atoms with Gasteiger partial charge in [0, 0.05) is 39.3 Å². The molecule has 0 saturated heterocycles. The number of sulfonamides is 1. The molecule has 0 spiro atoms. The lowest BCUT2D eigenvalue weighted by Crippen LogP contribution is -2.30. The van der Waals surface area contributed by atoms with Gasteiger partial charge in [-0.3, -0.25) is 19.2 Å². The van der Waals surface area contributed by atoms with Gasteiger partial charge in [-0.1, -0.05) is 19.1 Å². The molecule has 0 N–H and O–H groups in total. The van der Waals surface area contributed by atoms with Crippen LogP contribution in [0, 0.1) is 10.1 Å². The predicted molar refractivity (Wildman–Crippen MR) is 105 cm³/mol. The lowest BCUT2D eigenvalue weighted by atomic mass is 10.2. The van der Waals surface area contributed by atoms with Crippen LogP contribution in [-0.4, -0.2) is 33.3 Å². The molecule has 3 rings (SSSR count). The van der Waals surface area contributed by atoms with Gasteiger partial charge in [-0.25, -0.2) is 13.2 Å². The third-order valence-electron chi connectivity index (χ3n) is 4.74. The maximum absolute atomic E-state index is 13.1. The Bertz CT molecular complexity index is 1210. The largest absolute Gasteiger partial charge is 0.328 e. The molecule has 0 unspecified atom stereocenters. The molecule has 0 radical (unpaired) electrons. The molecule has 1 aromatic heterocycles. The number of aromatic nitrogens is 2. The smallest absolute Gasteiger partial charge is 0.295 e. The summed E-state index contributed by atoms with van der Waals surface area (Å²) in [6.45, 7) is 2.04. The summed E-state index contributed by atoms with van der Waals surface area (Å²) < 4.78 is 30.4. The Hall–Kier alpha value is -2.98. The number of non-ortho nitro benzene ring substituents is 1. The zero-order chi connectivity index (χ0) is 20.6. The Morgan fingerprint density at radius 3 is 2.21 bits per heavy atom. The van der Waals surface area contributed by atoms with E-state index in [1.54, 1.807) is 39.2 Å². The first-order valence-corrected chi connectivity index (χ1v) is 9.99. The quantitative estimate of drug-likeness (QED) is 0.461. The highest BCUT2D eigenvalue weighted by molar-refractivity contribution is 7.89. The molecule has 0 aliphatic heterocycles. The second-order valence-corrected chi connectivity index (χ2v) is 8.34. The molecule has 10 heteroatoms. The van der Waals surface area contributed by atoms with Gasteiger partial charge in [0.15, 0.2) is 0 Å². The molecule has 0 aliphatic carbocycles. The Morgan fingerprint density at radius 2 is 1.64 bits per heavy atom. The van der Waals surface area contributed by atoms with Crippen LogP contribution < -0.4 is 5.69 Å². The highest BCUT2D eigenvalue weighted by Crippen LogP contribution is 2.23. The summed E-state index contributed by atoms with van der Waals surface area (Å²) in [7, 11) is -0.589. The minimum Gasteiger partial charge on any atom is -0.295 e. The summed E-state index contributed by atoms with van der Waals surface area (Å²) in [5.74, 6) is 0. The third kappa shape index (κ3) is 3.32. The number of nitro groups is 1. The van der Waals surface area contributed by atoms with E-state index in [0.29, 0.717) is 16.6 Å². The Morgan fingerprint density at radius 1 is 1.04 bits per heavy atom. The van der Waals surface area contributed by atoms with E-state index in [1.807, 2.05) is 0 Å². The molecule has 0 fully saturated rings. The van der Waals surface area contributed by atoms with Crippen molar-refractivity contribution in [1.82, 2.24) is 13.4 Å². The van der Waals surface area contributed by atoms with Crippen molar-refractivity contribution in [3.05, 3.63) is 68.6 Å². The number of aryl methyl sites for hydroxylation is 2. The molecular formula is C18H20N4O5S. The number of rotatable bonds is 6. The number of imidazole rings is 1. The Labute approximate surface area is 161 Å². The lowest BCUT2D eigenvalue weighted by Gasteiger charge is -2.20. The maximum atomic E-state index is 13.1. The molecule has 0 aliphatic rings. The predicted octanol–water partition coefficient (Wildman–Crippen LogP) is 2.00. The highest BCUT2D eigenvalue weighted by Gasteiger charge is 2.24. The maximum Gasteiger partial charge on any atom is 0.328 e. The molecule has 0 amide bonds. The van der Waals surface area contributed by atoms with E-state index in [4.69, 9.17) is 0 Å². The summed E-state index contributed by atoms with van der Waals surface area (Å²) >= 11 is 0. The van der Waals surface area contributed by atoms with Gasteiger partial charge in [-0.2, -0.15) is 4.31 Å². The number of nitrogens with zero attached hydrogens (tertiary/aromatic N) is 4. The van der Waals surface area contributed by atoms with Crippen molar-refractivity contribution < 1.29 is 13.3 Å². The van der Waals surface area contributed by atoms with Crippen LogP contribution in [-0.2, 0) is 30.7 Å². The summed E-state index contributed by atoms with van der Waals surface area (Å²) in [5.41, 5.74) is 1.53. The number of hydrogen-bond donors (Lipinski definition) is 0. The monoisotopic (exact) mass is 404 g/mol. The van der Waals surface area contributed by atoms with Crippen molar-refractivity contribution in [3.8, 4) is 0 Å². The molecule has 9 nitrogen and oxygen atoms in total. The van der Waals surface area contributed by atoms with Crippen molar-refractivity contribution >= 4 is 26.7 Å². The van der Waals surface area contributed by atoms with Crippen LogP contribution in [0.5, 0.6) is 0 Å². The zero-order valence-corrected chi connectivity index (χ0v) is 16.5. The minimum absolute atomic E-state index is 0.0508. The molecule has 0 saturated carbocycles. The summed E-state index contributed by atoms with van der Waals surface area (Å²) in [6, 6.07) is 10.4. The van der Waals surface area contributed by atoms with Crippen LogP contribution in [0.1, 0.15) is 12.5 Å². The van der Waals surface area contributed by atoms with Gasteiger partial charge in [0.25, 0.3) is 5.69 Å². The van der Waals surface area contributed by atoms with Crippen LogP contribution in [0.25, 0.3) is 11.0 Å². The first-order valence-electron chi connectivity index (χ1n) is 8.55. The van der Waals surface area contributed by atoms with Crippen molar-refractivity contribution in [2.75, 3.05) is 6.54 Å². The van der Waals surface area contributed by atoms with Gasteiger partial charge in [-0.15, -0.1) is 0 Å². The van der Waals surface area contributed by atoms with Crippen LogP contribution in [0.4, 0.5) is 5.69 Å². The van der Waals surface area contributed by atoms with Gasteiger partial charge in [0.2, 0.25) is 10.0 Å². The molecule has 0 atom stereocenters. The average Bonchev–Trinajstić information content (AvgIpc) is 2.90. The van der Waals surface area contributed by atoms with Crippen molar-refractivity contribution in [1.29, 1.82) is 0 Å². The van der Waals surface area contributed by atoms with Crippen molar-refractivity contribution in [2.24, 2.45) is 14.1 Å². The van der Waals surface area contributed by atoms with E-state index in [1.165, 1.54) is 37.7 Å². The van der Waals surface area contributed by atoms with Gasteiger partial charge >= 0.3 is 5.69 Å². The first kappa shape index (κ1) is 19.8. The Balaban J connectivity index is 1.97. The van der Waals surface area contributed by atoms with Crippen LogP contribution >= 0.6 is 0 Å². The number of fused-ring (bicyclic) bond motifs is 1. The summed E-state index contributed by atoms with van der Waals surface area (Å²) in [5, 5.41) is 10.8. The average molecular weight is 404 g/mol. The topological polar surface area (TPSA) is 107 Å². The Kier molecular flexibility index (Phi) is 5.09. The van der Waals surface area contributed by atoms with Crippen LogP contribution in [0.3, 0.4) is 0 Å². The molecule has 1 heterocycles. The van der Waals surface area contributed by atoms with Crippen molar-refractivity contribution in [2.45, 2.75) is 18.4 Å². The molecule has 28 heavy (non-hydrogen) atoms. The summed E-state index contributed by atoms with van der Waals surface area (Å²) in [4.78, 5) is 22.4. The zero-order valence-electron chi connectivity index (χ0n) is 15.7. The van der Waals surface area contributed by atoms with Crippen LogP contribution in [0.2, 0.25) is 0 Å². The molecule has 2 aromatic carbocycles. The van der Waals surface area contributed by atoms with E-state index in [0.717, 1.165) is 0 Å².